The largest absolute Gasteiger partial charge is 0.369 e. The van der Waals surface area contributed by atoms with Gasteiger partial charge in [-0.25, -0.2) is 0 Å². The highest BCUT2D eigenvalue weighted by Gasteiger charge is 2.17. The van der Waals surface area contributed by atoms with Crippen LogP contribution in [0.25, 0.3) is 0 Å². The fourth-order valence-electron chi connectivity index (χ4n) is 1.73. The standard InChI is InChI=1S/C7H13NO.C5H7NO/c8-7(9)6-4-2-1-3-5-6;1-4-3-7-6-5(4)2/h6H,1-5H2,(H2,8,9);3H,1-2H3. The van der Waals surface area contributed by atoms with Gasteiger partial charge in [0.1, 0.15) is 6.26 Å². The first kappa shape index (κ1) is 12.7. The van der Waals surface area contributed by atoms with Crippen LogP contribution in [0.2, 0.25) is 0 Å². The minimum Gasteiger partial charge on any atom is -0.369 e. The van der Waals surface area contributed by atoms with Gasteiger partial charge in [-0.15, -0.1) is 0 Å². The maximum absolute atomic E-state index is 10.6. The molecule has 1 aromatic rings. The van der Waals surface area contributed by atoms with Gasteiger partial charge in [0.15, 0.2) is 0 Å². The summed E-state index contributed by atoms with van der Waals surface area (Å²) in [6, 6.07) is 0. The van der Waals surface area contributed by atoms with Gasteiger partial charge < -0.3 is 10.3 Å². The molecule has 0 bridgehead atoms. The zero-order chi connectivity index (χ0) is 12.0. The number of primary amides is 1. The summed E-state index contributed by atoms with van der Waals surface area (Å²) in [4.78, 5) is 10.6. The van der Waals surface area contributed by atoms with Gasteiger partial charge >= 0.3 is 0 Å². The van der Waals surface area contributed by atoms with E-state index < -0.39 is 0 Å². The maximum atomic E-state index is 10.6. The Balaban J connectivity index is 0.000000165. The number of carbonyl (C=O) groups excluding carboxylic acids is 1. The topological polar surface area (TPSA) is 69.1 Å². The molecule has 1 aliphatic carbocycles. The highest BCUT2D eigenvalue weighted by molar-refractivity contribution is 5.76. The number of nitrogens with two attached hydrogens (primary N) is 1. The first-order chi connectivity index (χ1) is 7.61. The van der Waals surface area contributed by atoms with E-state index >= 15 is 0 Å². The second-order valence-electron chi connectivity index (χ2n) is 4.32. The minimum atomic E-state index is -0.102. The molecule has 0 atom stereocenters. The molecule has 1 aliphatic rings. The Hall–Kier alpha value is -1.32. The summed E-state index contributed by atoms with van der Waals surface area (Å²) in [5, 5.41) is 3.64. The number of aromatic nitrogens is 1. The summed E-state index contributed by atoms with van der Waals surface area (Å²) in [7, 11) is 0. The number of carbonyl (C=O) groups is 1. The predicted octanol–water partition coefficient (Wildman–Crippen LogP) is 2.34. The van der Waals surface area contributed by atoms with Gasteiger partial charge in [-0.1, -0.05) is 24.4 Å². The third-order valence-corrected chi connectivity index (χ3v) is 3.00. The Morgan fingerprint density at radius 2 is 2.00 bits per heavy atom. The molecular formula is C12H20N2O2. The van der Waals surface area contributed by atoms with E-state index in [0.717, 1.165) is 24.1 Å². The van der Waals surface area contributed by atoms with Crippen LogP contribution in [0, 0.1) is 19.8 Å². The minimum absolute atomic E-state index is 0.102. The van der Waals surface area contributed by atoms with Crippen molar-refractivity contribution in [3.05, 3.63) is 17.5 Å². The zero-order valence-electron chi connectivity index (χ0n) is 10.0. The lowest BCUT2D eigenvalue weighted by atomic mass is 9.89. The van der Waals surface area contributed by atoms with Crippen LogP contribution in [0.5, 0.6) is 0 Å². The molecule has 1 saturated carbocycles. The van der Waals surface area contributed by atoms with E-state index in [1.807, 2.05) is 13.8 Å². The Labute approximate surface area is 96.2 Å². The van der Waals surface area contributed by atoms with Crippen molar-refractivity contribution in [2.45, 2.75) is 46.0 Å². The van der Waals surface area contributed by atoms with Gasteiger partial charge in [-0.2, -0.15) is 0 Å². The summed E-state index contributed by atoms with van der Waals surface area (Å²) in [6.45, 7) is 3.88. The zero-order valence-corrected chi connectivity index (χ0v) is 10.0. The van der Waals surface area contributed by atoms with Gasteiger partial charge in [-0.05, 0) is 26.7 Å². The van der Waals surface area contributed by atoms with E-state index in [1.54, 1.807) is 6.26 Å². The lowest BCUT2D eigenvalue weighted by Gasteiger charge is -2.17. The summed E-state index contributed by atoms with van der Waals surface area (Å²) in [5.74, 6) is 0.0912. The van der Waals surface area contributed by atoms with E-state index in [9.17, 15) is 4.79 Å². The summed E-state index contributed by atoms with van der Waals surface area (Å²) < 4.78 is 4.59. The number of hydrogen-bond acceptors (Lipinski definition) is 3. The Morgan fingerprint density at radius 3 is 2.25 bits per heavy atom. The molecule has 4 nitrogen and oxygen atoms in total. The molecule has 1 fully saturated rings. The fraction of sp³-hybridized carbons (Fsp3) is 0.667. The maximum Gasteiger partial charge on any atom is 0.220 e. The van der Waals surface area contributed by atoms with E-state index in [4.69, 9.17) is 5.73 Å². The molecule has 2 rings (SSSR count). The van der Waals surface area contributed by atoms with Crippen molar-refractivity contribution in [2.24, 2.45) is 11.7 Å². The smallest absolute Gasteiger partial charge is 0.220 e. The van der Waals surface area contributed by atoms with E-state index in [2.05, 4.69) is 9.68 Å². The van der Waals surface area contributed by atoms with Gasteiger partial charge in [0.05, 0.1) is 5.69 Å². The highest BCUT2D eigenvalue weighted by atomic mass is 16.5. The fourth-order valence-corrected chi connectivity index (χ4v) is 1.73. The highest BCUT2D eigenvalue weighted by Crippen LogP contribution is 2.22. The molecule has 0 spiro atoms. The van der Waals surface area contributed by atoms with Gasteiger partial charge in [0, 0.05) is 11.5 Å². The molecule has 4 heteroatoms. The monoisotopic (exact) mass is 224 g/mol. The van der Waals surface area contributed by atoms with Crippen LogP contribution in [0.15, 0.2) is 10.8 Å². The molecular weight excluding hydrogens is 204 g/mol. The molecule has 1 amide bonds. The molecule has 2 N–H and O–H groups in total. The molecule has 1 aromatic heterocycles. The van der Waals surface area contributed by atoms with Crippen molar-refractivity contribution in [2.75, 3.05) is 0 Å². The molecule has 90 valence electrons. The molecule has 1 heterocycles. The molecule has 0 aromatic carbocycles. The van der Waals surface area contributed by atoms with E-state index in [1.165, 1.54) is 19.3 Å². The third kappa shape index (κ3) is 4.04. The van der Waals surface area contributed by atoms with Crippen LogP contribution < -0.4 is 5.73 Å². The average molecular weight is 224 g/mol. The average Bonchev–Trinajstić information content (AvgIpc) is 2.65. The number of aryl methyl sites for hydroxylation is 2. The third-order valence-electron chi connectivity index (χ3n) is 3.00. The molecule has 0 saturated heterocycles. The van der Waals surface area contributed by atoms with Crippen molar-refractivity contribution in [1.29, 1.82) is 0 Å². The number of nitrogens with zero attached hydrogens (tertiary/aromatic N) is 1. The first-order valence-electron chi connectivity index (χ1n) is 5.78. The van der Waals surface area contributed by atoms with Crippen molar-refractivity contribution >= 4 is 5.91 Å². The number of rotatable bonds is 1. The lowest BCUT2D eigenvalue weighted by Crippen LogP contribution is -2.24. The van der Waals surface area contributed by atoms with Crippen molar-refractivity contribution < 1.29 is 9.32 Å². The predicted molar refractivity (Wildman–Crippen MR) is 61.7 cm³/mol. The SMILES string of the molecule is Cc1conc1C.NC(=O)C1CCCCC1. The van der Waals surface area contributed by atoms with Crippen LogP contribution >= 0.6 is 0 Å². The molecule has 16 heavy (non-hydrogen) atoms. The van der Waals surface area contributed by atoms with E-state index in [0.29, 0.717) is 0 Å². The van der Waals surface area contributed by atoms with Crippen molar-refractivity contribution in [1.82, 2.24) is 5.16 Å². The second-order valence-corrected chi connectivity index (χ2v) is 4.32. The summed E-state index contributed by atoms with van der Waals surface area (Å²) in [6.07, 6.45) is 7.34. The molecule has 0 unspecified atom stereocenters. The van der Waals surface area contributed by atoms with Crippen LogP contribution in [0.3, 0.4) is 0 Å². The Bertz CT molecular complexity index is 311. The quantitative estimate of drug-likeness (QED) is 0.796. The normalized spacial score (nSPS) is 16.4. The van der Waals surface area contributed by atoms with E-state index in [-0.39, 0.29) is 11.8 Å². The van der Waals surface area contributed by atoms with Crippen LogP contribution in [-0.2, 0) is 4.79 Å². The molecule has 0 aliphatic heterocycles. The van der Waals surface area contributed by atoms with Crippen molar-refractivity contribution in [3.8, 4) is 0 Å². The summed E-state index contributed by atoms with van der Waals surface area (Å²) in [5.41, 5.74) is 7.21. The second kappa shape index (κ2) is 6.30. The van der Waals surface area contributed by atoms with Crippen LogP contribution in [0.4, 0.5) is 0 Å². The Kier molecular flexibility index (Phi) is 5.02. The van der Waals surface area contributed by atoms with Gasteiger partial charge in [-0.3, -0.25) is 4.79 Å². The number of hydrogen-bond donors (Lipinski definition) is 1. The van der Waals surface area contributed by atoms with Crippen LogP contribution in [-0.4, -0.2) is 11.1 Å². The van der Waals surface area contributed by atoms with Gasteiger partial charge in [0.25, 0.3) is 0 Å². The number of amides is 1. The molecule has 0 radical (unpaired) electrons. The van der Waals surface area contributed by atoms with Gasteiger partial charge in [0.2, 0.25) is 5.91 Å². The van der Waals surface area contributed by atoms with Crippen molar-refractivity contribution in [3.63, 3.8) is 0 Å². The summed E-state index contributed by atoms with van der Waals surface area (Å²) >= 11 is 0. The first-order valence-corrected chi connectivity index (χ1v) is 5.78. The Morgan fingerprint density at radius 1 is 1.38 bits per heavy atom. The van der Waals surface area contributed by atoms with Crippen LogP contribution in [0.1, 0.15) is 43.4 Å². The lowest BCUT2D eigenvalue weighted by molar-refractivity contribution is -0.122.